The Bertz CT molecular complexity index is 656. The van der Waals surface area contributed by atoms with Crippen LogP contribution in [0, 0.1) is 5.82 Å². The average Bonchev–Trinajstić information content (AvgIpc) is 2.41. The van der Waals surface area contributed by atoms with Gasteiger partial charge in [-0.2, -0.15) is 0 Å². The molecule has 104 valence electrons. The summed E-state index contributed by atoms with van der Waals surface area (Å²) >= 11 is 0. The SMILES string of the molecule is CCc1cccc(Nc2cc(C(N)=O)c(N)cc2F)c1. The van der Waals surface area contributed by atoms with Crippen LogP contribution >= 0.6 is 0 Å². The zero-order chi connectivity index (χ0) is 14.7. The number of primary amides is 1. The number of anilines is 3. The van der Waals surface area contributed by atoms with Gasteiger partial charge in [0, 0.05) is 11.4 Å². The van der Waals surface area contributed by atoms with E-state index in [1.165, 1.54) is 6.07 Å². The third kappa shape index (κ3) is 2.88. The Morgan fingerprint density at radius 2 is 2.05 bits per heavy atom. The minimum Gasteiger partial charge on any atom is -0.398 e. The van der Waals surface area contributed by atoms with E-state index < -0.39 is 11.7 Å². The number of nitrogen functional groups attached to an aromatic ring is 1. The maximum absolute atomic E-state index is 13.9. The van der Waals surface area contributed by atoms with Crippen LogP contribution in [0.4, 0.5) is 21.5 Å². The second-order valence-electron chi connectivity index (χ2n) is 4.46. The molecule has 4 nitrogen and oxygen atoms in total. The lowest BCUT2D eigenvalue weighted by atomic mass is 10.1. The fourth-order valence-corrected chi connectivity index (χ4v) is 1.92. The van der Waals surface area contributed by atoms with Crippen molar-refractivity contribution >= 4 is 23.0 Å². The first kappa shape index (κ1) is 13.9. The average molecular weight is 273 g/mol. The lowest BCUT2D eigenvalue weighted by molar-refractivity contribution is 0.100. The van der Waals surface area contributed by atoms with Crippen LogP contribution < -0.4 is 16.8 Å². The number of carbonyl (C=O) groups is 1. The van der Waals surface area contributed by atoms with Gasteiger partial charge in [0.2, 0.25) is 0 Å². The summed E-state index contributed by atoms with van der Waals surface area (Å²) < 4.78 is 13.9. The number of nitrogens with two attached hydrogens (primary N) is 2. The van der Waals surface area contributed by atoms with Crippen molar-refractivity contribution in [2.24, 2.45) is 5.73 Å². The van der Waals surface area contributed by atoms with Crippen LogP contribution in [-0.4, -0.2) is 5.91 Å². The van der Waals surface area contributed by atoms with Crippen LogP contribution in [0.5, 0.6) is 0 Å². The van der Waals surface area contributed by atoms with Crippen LogP contribution in [-0.2, 0) is 6.42 Å². The van der Waals surface area contributed by atoms with Crippen molar-refractivity contribution < 1.29 is 9.18 Å². The molecule has 5 heteroatoms. The van der Waals surface area contributed by atoms with Crippen LogP contribution in [0.2, 0.25) is 0 Å². The van der Waals surface area contributed by atoms with Crippen molar-refractivity contribution in [2.75, 3.05) is 11.1 Å². The van der Waals surface area contributed by atoms with Crippen molar-refractivity contribution in [1.82, 2.24) is 0 Å². The summed E-state index contributed by atoms with van der Waals surface area (Å²) in [5.41, 5.74) is 12.9. The summed E-state index contributed by atoms with van der Waals surface area (Å²) in [6.45, 7) is 2.04. The van der Waals surface area contributed by atoms with Gasteiger partial charge in [-0.25, -0.2) is 4.39 Å². The quantitative estimate of drug-likeness (QED) is 0.749. The van der Waals surface area contributed by atoms with Crippen molar-refractivity contribution in [3.63, 3.8) is 0 Å². The number of rotatable bonds is 4. The van der Waals surface area contributed by atoms with E-state index in [0.717, 1.165) is 23.7 Å². The monoisotopic (exact) mass is 273 g/mol. The Kier molecular flexibility index (Phi) is 3.89. The molecule has 1 amide bonds. The van der Waals surface area contributed by atoms with Gasteiger partial charge >= 0.3 is 0 Å². The van der Waals surface area contributed by atoms with Crippen LogP contribution in [0.15, 0.2) is 36.4 Å². The summed E-state index contributed by atoms with van der Waals surface area (Å²) in [4.78, 5) is 11.2. The molecule has 0 bridgehead atoms. The van der Waals surface area contributed by atoms with Crippen molar-refractivity contribution in [3.8, 4) is 0 Å². The minimum absolute atomic E-state index is 0.0304. The van der Waals surface area contributed by atoms with Gasteiger partial charge in [-0.05, 0) is 36.2 Å². The number of aryl methyl sites for hydroxylation is 1. The Labute approximate surface area is 116 Å². The maximum Gasteiger partial charge on any atom is 0.250 e. The molecular formula is C15H16FN3O. The summed E-state index contributed by atoms with van der Waals surface area (Å²) in [6, 6.07) is 10.0. The lowest BCUT2D eigenvalue weighted by Crippen LogP contribution is -2.14. The second-order valence-corrected chi connectivity index (χ2v) is 4.46. The molecule has 0 aliphatic carbocycles. The Hall–Kier alpha value is -2.56. The molecule has 0 radical (unpaired) electrons. The van der Waals surface area contributed by atoms with Gasteiger partial charge in [-0.15, -0.1) is 0 Å². The van der Waals surface area contributed by atoms with E-state index in [4.69, 9.17) is 11.5 Å². The molecule has 0 spiro atoms. The number of hydrogen-bond acceptors (Lipinski definition) is 3. The highest BCUT2D eigenvalue weighted by Crippen LogP contribution is 2.25. The Balaban J connectivity index is 2.37. The van der Waals surface area contributed by atoms with Gasteiger partial charge in [0.25, 0.3) is 5.91 Å². The Morgan fingerprint density at radius 1 is 1.30 bits per heavy atom. The number of benzene rings is 2. The highest BCUT2D eigenvalue weighted by atomic mass is 19.1. The van der Waals surface area contributed by atoms with E-state index in [1.807, 2.05) is 31.2 Å². The molecule has 0 aromatic heterocycles. The zero-order valence-electron chi connectivity index (χ0n) is 11.1. The largest absolute Gasteiger partial charge is 0.398 e. The first-order chi connectivity index (χ1) is 9.51. The van der Waals surface area contributed by atoms with E-state index in [0.29, 0.717) is 0 Å². The summed E-state index contributed by atoms with van der Waals surface area (Å²) in [6.07, 6.45) is 0.881. The molecule has 0 saturated heterocycles. The van der Waals surface area contributed by atoms with Gasteiger partial charge in [-0.3, -0.25) is 4.79 Å². The van der Waals surface area contributed by atoms with E-state index >= 15 is 0 Å². The molecule has 0 atom stereocenters. The van der Waals surface area contributed by atoms with Gasteiger partial charge < -0.3 is 16.8 Å². The van der Waals surface area contributed by atoms with E-state index in [1.54, 1.807) is 0 Å². The van der Waals surface area contributed by atoms with Crippen LogP contribution in [0.25, 0.3) is 0 Å². The van der Waals surface area contributed by atoms with Crippen LogP contribution in [0.1, 0.15) is 22.8 Å². The fraction of sp³-hybridized carbons (Fsp3) is 0.133. The van der Waals surface area contributed by atoms with E-state index in [-0.39, 0.29) is 16.9 Å². The van der Waals surface area contributed by atoms with Crippen LogP contribution in [0.3, 0.4) is 0 Å². The summed E-state index contributed by atoms with van der Waals surface area (Å²) in [5, 5.41) is 2.93. The second kappa shape index (κ2) is 5.61. The van der Waals surface area contributed by atoms with E-state index in [9.17, 15) is 9.18 Å². The number of halogens is 1. The summed E-state index contributed by atoms with van der Waals surface area (Å²) in [7, 11) is 0. The predicted octanol–water partition coefficient (Wildman–Crippen LogP) is 2.81. The summed E-state index contributed by atoms with van der Waals surface area (Å²) in [5.74, 6) is -1.22. The standard InChI is InChI=1S/C15H16FN3O/c1-2-9-4-3-5-10(6-9)19-14-7-11(15(18)20)13(17)8-12(14)16/h3-8,19H,2,17H2,1H3,(H2,18,20). The maximum atomic E-state index is 13.9. The zero-order valence-corrected chi connectivity index (χ0v) is 11.1. The number of hydrogen-bond donors (Lipinski definition) is 3. The molecule has 0 fully saturated rings. The topological polar surface area (TPSA) is 81.1 Å². The van der Waals surface area contributed by atoms with E-state index in [2.05, 4.69) is 5.32 Å². The highest BCUT2D eigenvalue weighted by Gasteiger charge is 2.12. The fourth-order valence-electron chi connectivity index (χ4n) is 1.92. The van der Waals surface area contributed by atoms with Gasteiger partial charge in [0.05, 0.1) is 11.3 Å². The number of amides is 1. The Morgan fingerprint density at radius 3 is 2.70 bits per heavy atom. The van der Waals surface area contributed by atoms with Crippen molar-refractivity contribution in [2.45, 2.75) is 13.3 Å². The smallest absolute Gasteiger partial charge is 0.250 e. The normalized spacial score (nSPS) is 10.3. The minimum atomic E-state index is -0.687. The number of carbonyl (C=O) groups excluding carboxylic acids is 1. The molecule has 0 unspecified atom stereocenters. The molecule has 2 aromatic rings. The lowest BCUT2D eigenvalue weighted by Gasteiger charge is -2.11. The molecule has 20 heavy (non-hydrogen) atoms. The van der Waals surface area contributed by atoms with Gasteiger partial charge in [0.15, 0.2) is 0 Å². The van der Waals surface area contributed by atoms with Crippen molar-refractivity contribution in [1.29, 1.82) is 0 Å². The molecule has 0 aliphatic rings. The first-order valence-corrected chi connectivity index (χ1v) is 6.26. The van der Waals surface area contributed by atoms with Gasteiger partial charge in [-0.1, -0.05) is 19.1 Å². The van der Waals surface area contributed by atoms with Gasteiger partial charge in [0.1, 0.15) is 5.82 Å². The number of nitrogens with one attached hydrogen (secondary N) is 1. The molecular weight excluding hydrogens is 257 g/mol. The predicted molar refractivity (Wildman–Crippen MR) is 78.4 cm³/mol. The third-order valence-corrected chi connectivity index (χ3v) is 3.02. The molecule has 0 heterocycles. The molecule has 0 aliphatic heterocycles. The molecule has 2 aromatic carbocycles. The molecule has 0 saturated carbocycles. The molecule has 2 rings (SSSR count). The van der Waals surface area contributed by atoms with Crippen molar-refractivity contribution in [3.05, 3.63) is 53.3 Å². The highest BCUT2D eigenvalue weighted by molar-refractivity contribution is 5.99. The third-order valence-electron chi connectivity index (χ3n) is 3.02. The molecule has 5 N–H and O–H groups in total. The first-order valence-electron chi connectivity index (χ1n) is 6.26.